The smallest absolute Gasteiger partial charge is 0.326 e. The van der Waals surface area contributed by atoms with Crippen LogP contribution in [0, 0.1) is 11.3 Å². The molecule has 1 aliphatic rings. The molecule has 1 aromatic carbocycles. The van der Waals surface area contributed by atoms with Gasteiger partial charge in [0.05, 0.1) is 0 Å². The van der Waals surface area contributed by atoms with Crippen LogP contribution >= 0.6 is 0 Å². The van der Waals surface area contributed by atoms with Crippen LogP contribution in [-0.2, 0) is 30.3 Å². The van der Waals surface area contributed by atoms with Crippen LogP contribution in [0.2, 0.25) is 0 Å². The van der Waals surface area contributed by atoms with Crippen molar-refractivity contribution in [1.29, 1.82) is 0 Å². The molecule has 224 valence electrons. The third kappa shape index (κ3) is 10.7. The molecule has 0 unspecified atom stereocenters. The zero-order chi connectivity index (χ0) is 30.9. The molecule has 0 saturated carbocycles. The molecular weight excluding hydrogens is 518 g/mol. The molecule has 8 nitrogen and oxygen atoms in total. The normalized spacial score (nSPS) is 24.7. The first-order chi connectivity index (χ1) is 19.1. The molecule has 1 saturated heterocycles. The highest BCUT2D eigenvalue weighted by atomic mass is 16.5. The summed E-state index contributed by atoms with van der Waals surface area (Å²) in [5, 5.41) is 5.42. The van der Waals surface area contributed by atoms with Crippen LogP contribution in [0.25, 0.3) is 0 Å². The summed E-state index contributed by atoms with van der Waals surface area (Å²) in [5.74, 6) is -2.24. The average molecular weight is 566 g/mol. The number of carbonyl (C=O) groups excluding carboxylic acids is 4. The van der Waals surface area contributed by atoms with E-state index in [-0.39, 0.29) is 24.3 Å². The average Bonchev–Trinajstić information content (AvgIpc) is 2.88. The quantitative estimate of drug-likeness (QED) is 0.311. The molecule has 1 aliphatic heterocycles. The molecule has 41 heavy (non-hydrogen) atoms. The number of rotatable bonds is 5. The molecule has 8 heteroatoms. The van der Waals surface area contributed by atoms with Crippen molar-refractivity contribution in [2.75, 3.05) is 13.6 Å². The highest BCUT2D eigenvalue weighted by molar-refractivity contribution is 5.93. The highest BCUT2D eigenvalue weighted by Crippen LogP contribution is 2.27. The summed E-state index contributed by atoms with van der Waals surface area (Å²) >= 11 is 0. The lowest BCUT2D eigenvalue weighted by atomic mass is 9.88. The lowest BCUT2D eigenvalue weighted by molar-refractivity contribution is -0.149. The Labute approximate surface area is 245 Å². The standard InChI is InChI=1S/C33H47N3O5/c1-21(19-33(6,7)8)17-23(3)30-24(4)22(2)18-28(37)35-25(5)32(40)36(9)27(31(39)34-20-29(38)41-30)16-15-26-13-11-10-12-14-26/h10-14,17,19,24-25,27,30H,2,15-16,18,20H2,1,3-9H3,(H,34,39)(H,35,37)/b21-19+,23-17+/t24-,25-,27+,30-/m0/s1. The maximum atomic E-state index is 13.3. The first-order valence-electron chi connectivity index (χ1n) is 14.2. The lowest BCUT2D eigenvalue weighted by Gasteiger charge is -2.30. The number of allylic oxidation sites excluding steroid dienone is 3. The Kier molecular flexibility index (Phi) is 12.1. The molecule has 0 radical (unpaired) electrons. The van der Waals surface area contributed by atoms with Crippen LogP contribution in [0.1, 0.15) is 66.9 Å². The van der Waals surface area contributed by atoms with E-state index < -0.39 is 41.9 Å². The second-order valence-corrected chi connectivity index (χ2v) is 12.2. The fourth-order valence-electron chi connectivity index (χ4n) is 5.06. The first kappa shape index (κ1) is 33.5. The molecule has 2 rings (SSSR count). The Morgan fingerprint density at radius 2 is 1.73 bits per heavy atom. The van der Waals surface area contributed by atoms with Crippen molar-refractivity contribution >= 4 is 23.7 Å². The molecule has 0 spiro atoms. The summed E-state index contributed by atoms with van der Waals surface area (Å²) in [6.07, 6.45) is 4.26. The van der Waals surface area contributed by atoms with E-state index in [9.17, 15) is 19.2 Å². The SMILES string of the molecule is C=C1CC(=O)N[C@@H](C)C(=O)N(C)[C@H](CCc2ccccc2)C(=O)NCC(=O)O[C@@H](/C(C)=C/C(C)=C/C(C)(C)C)[C@H]1C. The number of ether oxygens (including phenoxy) is 1. The predicted molar refractivity (Wildman–Crippen MR) is 162 cm³/mol. The molecule has 1 heterocycles. The number of carbonyl (C=O) groups is 4. The van der Waals surface area contributed by atoms with Crippen LogP contribution < -0.4 is 10.6 Å². The monoisotopic (exact) mass is 565 g/mol. The summed E-state index contributed by atoms with van der Waals surface area (Å²) in [6.45, 7) is 17.4. The number of nitrogens with one attached hydrogen (secondary N) is 2. The van der Waals surface area contributed by atoms with Gasteiger partial charge in [-0.1, -0.05) is 87.9 Å². The fourth-order valence-corrected chi connectivity index (χ4v) is 5.06. The third-order valence-electron chi connectivity index (χ3n) is 7.13. The largest absolute Gasteiger partial charge is 0.456 e. The summed E-state index contributed by atoms with van der Waals surface area (Å²) in [7, 11) is 1.54. The van der Waals surface area contributed by atoms with E-state index in [1.165, 1.54) is 11.9 Å². The molecule has 4 atom stereocenters. The van der Waals surface area contributed by atoms with Crippen molar-refractivity contribution in [2.45, 2.75) is 85.9 Å². The van der Waals surface area contributed by atoms with E-state index in [1.807, 2.05) is 57.2 Å². The van der Waals surface area contributed by atoms with E-state index >= 15 is 0 Å². The highest BCUT2D eigenvalue weighted by Gasteiger charge is 2.32. The maximum absolute atomic E-state index is 13.3. The summed E-state index contributed by atoms with van der Waals surface area (Å²) in [5.41, 5.74) is 3.37. The number of aryl methyl sites for hydroxylation is 1. The van der Waals surface area contributed by atoms with Crippen LogP contribution in [0.5, 0.6) is 0 Å². The van der Waals surface area contributed by atoms with Gasteiger partial charge in [0.2, 0.25) is 17.7 Å². The van der Waals surface area contributed by atoms with Gasteiger partial charge in [0.25, 0.3) is 0 Å². The zero-order valence-corrected chi connectivity index (χ0v) is 25.9. The first-order valence-corrected chi connectivity index (χ1v) is 14.2. The second kappa shape index (κ2) is 14.8. The number of likely N-dealkylation sites (N-methyl/N-ethyl adjacent to an activating group) is 1. The number of benzene rings is 1. The van der Waals surface area contributed by atoms with Gasteiger partial charge in [0.1, 0.15) is 24.7 Å². The van der Waals surface area contributed by atoms with E-state index in [0.717, 1.165) is 16.7 Å². The lowest BCUT2D eigenvalue weighted by Crippen LogP contribution is -2.54. The summed E-state index contributed by atoms with van der Waals surface area (Å²) < 4.78 is 5.90. The van der Waals surface area contributed by atoms with E-state index in [4.69, 9.17) is 4.74 Å². The van der Waals surface area contributed by atoms with E-state index in [2.05, 4.69) is 44.1 Å². The maximum Gasteiger partial charge on any atom is 0.326 e. The van der Waals surface area contributed by atoms with Gasteiger partial charge in [-0.15, -0.1) is 0 Å². The van der Waals surface area contributed by atoms with Crippen molar-refractivity contribution in [1.82, 2.24) is 15.5 Å². The number of cyclic esters (lactones) is 1. The molecular formula is C33H47N3O5. The molecule has 0 aromatic heterocycles. The van der Waals surface area contributed by atoms with Gasteiger partial charge in [0, 0.05) is 19.4 Å². The van der Waals surface area contributed by atoms with E-state index in [1.54, 1.807) is 6.92 Å². The molecule has 0 bridgehead atoms. The van der Waals surface area contributed by atoms with Crippen molar-refractivity contribution in [3.05, 3.63) is 71.3 Å². The minimum Gasteiger partial charge on any atom is -0.456 e. The Morgan fingerprint density at radius 3 is 2.34 bits per heavy atom. The Hall–Kier alpha value is -3.68. The zero-order valence-electron chi connectivity index (χ0n) is 25.9. The molecule has 0 aliphatic carbocycles. The number of amides is 3. The van der Waals surface area contributed by atoms with Crippen molar-refractivity contribution in [3.63, 3.8) is 0 Å². The van der Waals surface area contributed by atoms with Crippen LogP contribution in [0.4, 0.5) is 0 Å². The van der Waals surface area contributed by atoms with E-state index in [0.29, 0.717) is 18.4 Å². The summed E-state index contributed by atoms with van der Waals surface area (Å²) in [6, 6.07) is 7.94. The Balaban J connectivity index is 2.39. The minimum atomic E-state index is -0.853. The number of nitrogens with zero attached hydrogens (tertiary/aromatic N) is 1. The number of esters is 1. The van der Waals surface area contributed by atoms with Gasteiger partial charge >= 0.3 is 5.97 Å². The molecule has 3 amide bonds. The van der Waals surface area contributed by atoms with Crippen molar-refractivity contribution in [2.24, 2.45) is 11.3 Å². The van der Waals surface area contributed by atoms with Gasteiger partial charge in [-0.3, -0.25) is 19.2 Å². The number of hydrogen-bond donors (Lipinski definition) is 2. The molecule has 1 aromatic rings. The van der Waals surface area contributed by atoms with Gasteiger partial charge < -0.3 is 20.3 Å². The van der Waals surface area contributed by atoms with Crippen molar-refractivity contribution < 1.29 is 23.9 Å². The van der Waals surface area contributed by atoms with Crippen molar-refractivity contribution in [3.8, 4) is 0 Å². The van der Waals surface area contributed by atoms with Gasteiger partial charge in [-0.25, -0.2) is 0 Å². The van der Waals surface area contributed by atoms with Crippen LogP contribution in [0.3, 0.4) is 0 Å². The Morgan fingerprint density at radius 1 is 1.10 bits per heavy atom. The Bertz CT molecular complexity index is 1180. The van der Waals surface area contributed by atoms with Gasteiger partial charge in [-0.05, 0) is 50.2 Å². The molecule has 2 N–H and O–H groups in total. The molecule has 1 fully saturated rings. The topological polar surface area (TPSA) is 105 Å². The minimum absolute atomic E-state index is 0.0325. The third-order valence-corrected chi connectivity index (χ3v) is 7.13. The fraction of sp³-hybridized carbons (Fsp3) is 0.515. The van der Waals surface area contributed by atoms with Crippen LogP contribution in [-0.4, -0.2) is 60.4 Å². The predicted octanol–water partition coefficient (Wildman–Crippen LogP) is 4.51. The summed E-state index contributed by atoms with van der Waals surface area (Å²) in [4.78, 5) is 53.9. The van der Waals surface area contributed by atoms with Gasteiger partial charge in [0.15, 0.2) is 0 Å². The second-order valence-electron chi connectivity index (χ2n) is 12.2. The van der Waals surface area contributed by atoms with Gasteiger partial charge in [-0.2, -0.15) is 0 Å². The number of hydrogen-bond acceptors (Lipinski definition) is 5. The van der Waals surface area contributed by atoms with Crippen LogP contribution in [0.15, 0.2) is 65.8 Å².